The molecule has 2 aromatic rings. The molecule has 0 aliphatic heterocycles. The lowest BCUT2D eigenvalue weighted by Gasteiger charge is -2.13. The van der Waals surface area contributed by atoms with Crippen molar-refractivity contribution in [2.24, 2.45) is 5.41 Å². The summed E-state index contributed by atoms with van der Waals surface area (Å²) in [4.78, 5) is 4.34. The molecule has 1 aliphatic rings. The van der Waals surface area contributed by atoms with Crippen molar-refractivity contribution in [3.05, 3.63) is 42.1 Å². The average Bonchev–Trinajstić information content (AvgIpc) is 3.19. The molecule has 0 bridgehead atoms. The largest absolute Gasteiger partial charge is 0.312 e. The Balaban J connectivity index is 1.64. The van der Waals surface area contributed by atoms with Gasteiger partial charge in [-0.25, -0.2) is 0 Å². The molecule has 1 N–H and O–H groups in total. The molecule has 0 radical (unpaired) electrons. The summed E-state index contributed by atoms with van der Waals surface area (Å²) in [6.45, 7) is 4.43. The Morgan fingerprint density at radius 3 is 2.94 bits per heavy atom. The highest BCUT2D eigenvalue weighted by Crippen LogP contribution is 2.47. The fourth-order valence-corrected chi connectivity index (χ4v) is 2.54. The van der Waals surface area contributed by atoms with Crippen LogP contribution < -0.4 is 5.32 Å². The maximum absolute atomic E-state index is 4.34. The van der Waals surface area contributed by atoms with Crippen molar-refractivity contribution >= 4 is 10.9 Å². The Morgan fingerprint density at radius 1 is 1.28 bits per heavy atom. The first-order chi connectivity index (χ1) is 8.81. The van der Waals surface area contributed by atoms with Crippen LogP contribution in [0.25, 0.3) is 10.9 Å². The fourth-order valence-electron chi connectivity index (χ4n) is 2.54. The molecule has 0 spiro atoms. The van der Waals surface area contributed by atoms with Gasteiger partial charge >= 0.3 is 0 Å². The third-order valence-corrected chi connectivity index (χ3v) is 4.20. The standard InChI is InChI=1S/C16H20N2/c1-2-16(7-8-16)12-17-11-13-5-6-15-14(10-13)4-3-9-18-15/h3-6,9-10,17H,2,7-8,11-12H2,1H3. The predicted molar refractivity (Wildman–Crippen MR) is 75.4 cm³/mol. The molecule has 94 valence electrons. The van der Waals surface area contributed by atoms with Crippen molar-refractivity contribution in [2.45, 2.75) is 32.7 Å². The topological polar surface area (TPSA) is 24.9 Å². The molecule has 2 heteroatoms. The highest BCUT2D eigenvalue weighted by atomic mass is 14.9. The molecular weight excluding hydrogens is 220 g/mol. The lowest BCUT2D eigenvalue weighted by molar-refractivity contribution is 0.443. The van der Waals surface area contributed by atoms with E-state index in [1.165, 1.54) is 30.2 Å². The summed E-state index contributed by atoms with van der Waals surface area (Å²) >= 11 is 0. The first-order valence-corrected chi connectivity index (χ1v) is 6.86. The fraction of sp³-hybridized carbons (Fsp3) is 0.438. The molecule has 3 rings (SSSR count). The Labute approximate surface area is 108 Å². The molecule has 0 amide bonds. The highest BCUT2D eigenvalue weighted by Gasteiger charge is 2.39. The summed E-state index contributed by atoms with van der Waals surface area (Å²) in [7, 11) is 0. The van der Waals surface area contributed by atoms with Crippen LogP contribution in [0.1, 0.15) is 31.7 Å². The number of fused-ring (bicyclic) bond motifs is 1. The Bertz CT molecular complexity index is 544. The van der Waals surface area contributed by atoms with Crippen molar-refractivity contribution in [3.8, 4) is 0 Å². The van der Waals surface area contributed by atoms with Crippen LogP contribution in [0.15, 0.2) is 36.5 Å². The van der Waals surface area contributed by atoms with E-state index in [0.717, 1.165) is 18.6 Å². The van der Waals surface area contributed by atoms with Gasteiger partial charge in [-0.05, 0) is 48.4 Å². The molecule has 1 aromatic carbocycles. The van der Waals surface area contributed by atoms with Gasteiger partial charge in [0, 0.05) is 24.7 Å². The number of hydrogen-bond donors (Lipinski definition) is 1. The third kappa shape index (κ3) is 2.39. The molecule has 0 saturated heterocycles. The zero-order valence-electron chi connectivity index (χ0n) is 10.9. The van der Waals surface area contributed by atoms with Crippen LogP contribution in [0.5, 0.6) is 0 Å². The Kier molecular flexibility index (Phi) is 3.04. The third-order valence-electron chi connectivity index (χ3n) is 4.20. The molecule has 1 heterocycles. The zero-order valence-corrected chi connectivity index (χ0v) is 10.9. The van der Waals surface area contributed by atoms with Gasteiger partial charge in [-0.3, -0.25) is 4.98 Å². The van der Waals surface area contributed by atoms with Gasteiger partial charge in [-0.1, -0.05) is 19.1 Å². The first kappa shape index (κ1) is 11.7. The summed E-state index contributed by atoms with van der Waals surface area (Å²) in [5.74, 6) is 0. The molecular formula is C16H20N2. The van der Waals surface area contributed by atoms with Crippen LogP contribution in [0.4, 0.5) is 0 Å². The van der Waals surface area contributed by atoms with Crippen molar-refractivity contribution in [3.63, 3.8) is 0 Å². The van der Waals surface area contributed by atoms with Crippen molar-refractivity contribution < 1.29 is 0 Å². The average molecular weight is 240 g/mol. The van der Waals surface area contributed by atoms with Crippen LogP contribution in [-0.2, 0) is 6.54 Å². The van der Waals surface area contributed by atoms with Gasteiger partial charge in [0.2, 0.25) is 0 Å². The van der Waals surface area contributed by atoms with Crippen LogP contribution in [-0.4, -0.2) is 11.5 Å². The van der Waals surface area contributed by atoms with E-state index in [2.05, 4.69) is 41.5 Å². The number of pyridine rings is 1. The quantitative estimate of drug-likeness (QED) is 0.865. The summed E-state index contributed by atoms with van der Waals surface area (Å²) in [6, 6.07) is 10.6. The monoisotopic (exact) mass is 240 g/mol. The molecule has 1 fully saturated rings. The lowest BCUT2D eigenvalue weighted by atomic mass is 10.0. The first-order valence-electron chi connectivity index (χ1n) is 6.86. The number of nitrogens with one attached hydrogen (secondary N) is 1. The minimum Gasteiger partial charge on any atom is -0.312 e. The summed E-state index contributed by atoms with van der Waals surface area (Å²) in [5.41, 5.74) is 3.05. The number of aromatic nitrogens is 1. The van der Waals surface area contributed by atoms with Crippen molar-refractivity contribution in [2.75, 3.05) is 6.54 Å². The second kappa shape index (κ2) is 4.69. The minimum absolute atomic E-state index is 0.623. The molecule has 18 heavy (non-hydrogen) atoms. The number of nitrogens with zero attached hydrogens (tertiary/aromatic N) is 1. The van der Waals surface area contributed by atoms with Gasteiger partial charge in [0.15, 0.2) is 0 Å². The smallest absolute Gasteiger partial charge is 0.0702 e. The maximum atomic E-state index is 4.34. The van der Waals surface area contributed by atoms with Gasteiger partial charge in [0.25, 0.3) is 0 Å². The molecule has 2 nitrogen and oxygen atoms in total. The van der Waals surface area contributed by atoms with E-state index < -0.39 is 0 Å². The van der Waals surface area contributed by atoms with Crippen LogP contribution in [0.2, 0.25) is 0 Å². The summed E-state index contributed by atoms with van der Waals surface area (Å²) < 4.78 is 0. The molecule has 0 atom stereocenters. The lowest BCUT2D eigenvalue weighted by Crippen LogP contribution is -2.23. The van der Waals surface area contributed by atoms with Gasteiger partial charge in [0.05, 0.1) is 5.52 Å². The molecule has 1 aliphatic carbocycles. The van der Waals surface area contributed by atoms with E-state index in [0.29, 0.717) is 5.41 Å². The highest BCUT2D eigenvalue weighted by molar-refractivity contribution is 5.78. The second-order valence-corrected chi connectivity index (χ2v) is 5.49. The van der Waals surface area contributed by atoms with E-state index in [-0.39, 0.29) is 0 Å². The molecule has 0 unspecified atom stereocenters. The molecule has 1 saturated carbocycles. The summed E-state index contributed by atoms with van der Waals surface area (Å²) in [5, 5.41) is 4.83. The van der Waals surface area contributed by atoms with Gasteiger partial charge in [-0.15, -0.1) is 0 Å². The number of hydrogen-bond acceptors (Lipinski definition) is 2. The Morgan fingerprint density at radius 2 is 2.17 bits per heavy atom. The number of benzene rings is 1. The predicted octanol–water partition coefficient (Wildman–Crippen LogP) is 3.51. The molecule has 1 aromatic heterocycles. The summed E-state index contributed by atoms with van der Waals surface area (Å²) in [6.07, 6.45) is 5.95. The normalized spacial score (nSPS) is 16.9. The number of rotatable bonds is 5. The van der Waals surface area contributed by atoms with Crippen LogP contribution in [0, 0.1) is 5.41 Å². The van der Waals surface area contributed by atoms with E-state index in [1.807, 2.05) is 12.3 Å². The van der Waals surface area contributed by atoms with Crippen molar-refractivity contribution in [1.29, 1.82) is 0 Å². The second-order valence-electron chi connectivity index (χ2n) is 5.49. The van der Waals surface area contributed by atoms with E-state index >= 15 is 0 Å². The van der Waals surface area contributed by atoms with Gasteiger partial charge < -0.3 is 5.32 Å². The minimum atomic E-state index is 0.623. The SMILES string of the molecule is CCC1(CNCc2ccc3ncccc3c2)CC1. The van der Waals surface area contributed by atoms with E-state index in [9.17, 15) is 0 Å². The van der Waals surface area contributed by atoms with E-state index in [1.54, 1.807) is 0 Å². The van der Waals surface area contributed by atoms with Crippen LogP contribution >= 0.6 is 0 Å². The Hall–Kier alpha value is -1.41. The van der Waals surface area contributed by atoms with E-state index in [4.69, 9.17) is 0 Å². The maximum Gasteiger partial charge on any atom is 0.0702 e. The zero-order chi connectivity index (χ0) is 12.4. The van der Waals surface area contributed by atoms with Gasteiger partial charge in [0.1, 0.15) is 0 Å². The van der Waals surface area contributed by atoms with Gasteiger partial charge in [-0.2, -0.15) is 0 Å². The van der Waals surface area contributed by atoms with Crippen LogP contribution in [0.3, 0.4) is 0 Å². The van der Waals surface area contributed by atoms with Crippen molar-refractivity contribution in [1.82, 2.24) is 10.3 Å².